The van der Waals surface area contributed by atoms with Crippen LogP contribution in [0.3, 0.4) is 0 Å². The van der Waals surface area contributed by atoms with Gasteiger partial charge < -0.3 is 4.74 Å². The van der Waals surface area contributed by atoms with Crippen molar-refractivity contribution in [1.82, 2.24) is 10.9 Å². The molecule has 0 aliphatic carbocycles. The quantitative estimate of drug-likeness (QED) is 0.791. The molecule has 0 heterocycles. The van der Waals surface area contributed by atoms with Crippen molar-refractivity contribution in [2.75, 3.05) is 0 Å². The topological polar surface area (TPSA) is 67.4 Å². The first-order valence-electron chi connectivity index (χ1n) is 6.96. The number of amides is 2. The van der Waals surface area contributed by atoms with Crippen LogP contribution in [0.5, 0.6) is 5.75 Å². The second-order valence-electron chi connectivity index (χ2n) is 4.88. The summed E-state index contributed by atoms with van der Waals surface area (Å²) >= 11 is 0. The molecule has 0 saturated carbocycles. The molecule has 0 fully saturated rings. The normalized spacial score (nSPS) is 13.1. The smallest absolute Gasteiger partial charge is 0.279 e. The average molecular weight is 296 g/mol. The Balaban J connectivity index is 2.40. The van der Waals surface area contributed by atoms with E-state index in [4.69, 9.17) is 4.74 Å². The van der Waals surface area contributed by atoms with Crippen LogP contribution in [-0.4, -0.2) is 17.9 Å². The van der Waals surface area contributed by atoms with E-state index in [1.165, 1.54) is 24.3 Å². The summed E-state index contributed by atoms with van der Waals surface area (Å²) in [4.78, 5) is 23.4. The van der Waals surface area contributed by atoms with Crippen molar-refractivity contribution in [2.45, 2.75) is 39.7 Å². The van der Waals surface area contributed by atoms with Gasteiger partial charge in [0.25, 0.3) is 5.91 Å². The minimum Gasteiger partial charge on any atom is -0.481 e. The third-order valence-electron chi connectivity index (χ3n) is 2.97. The monoisotopic (exact) mass is 296 g/mol. The Morgan fingerprint density at radius 3 is 2.29 bits per heavy atom. The number of halogens is 1. The van der Waals surface area contributed by atoms with Gasteiger partial charge in [0.05, 0.1) is 0 Å². The van der Waals surface area contributed by atoms with Gasteiger partial charge in [-0.3, -0.25) is 20.4 Å². The van der Waals surface area contributed by atoms with Crippen LogP contribution in [0.25, 0.3) is 0 Å². The van der Waals surface area contributed by atoms with Gasteiger partial charge >= 0.3 is 0 Å². The molecule has 2 atom stereocenters. The summed E-state index contributed by atoms with van der Waals surface area (Å²) in [5.41, 5.74) is 4.68. The van der Waals surface area contributed by atoms with Crippen molar-refractivity contribution in [3.63, 3.8) is 0 Å². The summed E-state index contributed by atoms with van der Waals surface area (Å²) in [7, 11) is 0. The van der Waals surface area contributed by atoms with Crippen LogP contribution < -0.4 is 15.6 Å². The first kappa shape index (κ1) is 16.9. The van der Waals surface area contributed by atoms with E-state index in [9.17, 15) is 14.0 Å². The molecular formula is C15H21FN2O3. The highest BCUT2D eigenvalue weighted by Gasteiger charge is 2.17. The van der Waals surface area contributed by atoms with E-state index in [0.29, 0.717) is 5.75 Å². The van der Waals surface area contributed by atoms with E-state index < -0.39 is 12.0 Å². The van der Waals surface area contributed by atoms with Crippen molar-refractivity contribution >= 4 is 11.8 Å². The lowest BCUT2D eigenvalue weighted by Gasteiger charge is -2.16. The van der Waals surface area contributed by atoms with Crippen LogP contribution in [0.15, 0.2) is 24.3 Å². The highest BCUT2D eigenvalue weighted by molar-refractivity contribution is 5.85. The predicted molar refractivity (Wildman–Crippen MR) is 76.8 cm³/mol. The van der Waals surface area contributed by atoms with Gasteiger partial charge in [-0.1, -0.05) is 20.3 Å². The van der Waals surface area contributed by atoms with Gasteiger partial charge in [-0.15, -0.1) is 0 Å². The molecule has 0 spiro atoms. The lowest BCUT2D eigenvalue weighted by Crippen LogP contribution is -2.48. The number of carbonyl (C=O) groups excluding carboxylic acids is 2. The van der Waals surface area contributed by atoms with Crippen molar-refractivity contribution in [3.8, 4) is 5.75 Å². The molecular weight excluding hydrogens is 275 g/mol. The molecule has 2 amide bonds. The SMILES string of the molecule is CCCC(C)C(=O)NNC(=O)C(C)Oc1ccc(F)cc1. The van der Waals surface area contributed by atoms with E-state index >= 15 is 0 Å². The maximum atomic E-state index is 12.7. The van der Waals surface area contributed by atoms with Gasteiger partial charge in [0, 0.05) is 5.92 Å². The molecule has 116 valence electrons. The van der Waals surface area contributed by atoms with Crippen LogP contribution >= 0.6 is 0 Å². The molecule has 2 unspecified atom stereocenters. The second-order valence-corrected chi connectivity index (χ2v) is 4.88. The lowest BCUT2D eigenvalue weighted by atomic mass is 10.1. The van der Waals surface area contributed by atoms with E-state index in [0.717, 1.165) is 12.8 Å². The third kappa shape index (κ3) is 5.81. The maximum Gasteiger partial charge on any atom is 0.279 e. The average Bonchev–Trinajstić information content (AvgIpc) is 2.46. The number of hydrazine groups is 1. The Hall–Kier alpha value is -2.11. The highest BCUT2D eigenvalue weighted by atomic mass is 19.1. The van der Waals surface area contributed by atoms with Crippen LogP contribution in [0.4, 0.5) is 4.39 Å². The number of ether oxygens (including phenoxy) is 1. The fraction of sp³-hybridized carbons (Fsp3) is 0.467. The Morgan fingerprint density at radius 1 is 1.14 bits per heavy atom. The minimum atomic E-state index is -0.808. The zero-order valence-electron chi connectivity index (χ0n) is 12.5. The largest absolute Gasteiger partial charge is 0.481 e. The van der Waals surface area contributed by atoms with Crippen LogP contribution in [-0.2, 0) is 9.59 Å². The van der Waals surface area contributed by atoms with Crippen molar-refractivity contribution in [2.24, 2.45) is 5.92 Å². The van der Waals surface area contributed by atoms with Gasteiger partial charge in [-0.25, -0.2) is 4.39 Å². The van der Waals surface area contributed by atoms with E-state index in [-0.39, 0.29) is 17.6 Å². The molecule has 5 nitrogen and oxygen atoms in total. The number of carbonyl (C=O) groups is 2. The zero-order chi connectivity index (χ0) is 15.8. The van der Waals surface area contributed by atoms with Gasteiger partial charge in [0.15, 0.2) is 6.10 Å². The molecule has 1 aromatic rings. The van der Waals surface area contributed by atoms with Crippen LogP contribution in [0.2, 0.25) is 0 Å². The van der Waals surface area contributed by atoms with E-state index in [1.54, 1.807) is 13.8 Å². The Bertz CT molecular complexity index is 476. The molecule has 0 aliphatic heterocycles. The predicted octanol–water partition coefficient (Wildman–Crippen LogP) is 2.18. The third-order valence-corrected chi connectivity index (χ3v) is 2.97. The summed E-state index contributed by atoms with van der Waals surface area (Å²) in [5, 5.41) is 0. The number of rotatable bonds is 6. The molecule has 0 saturated heterocycles. The standard InChI is InChI=1S/C15H21FN2O3/c1-4-5-10(2)14(19)17-18-15(20)11(3)21-13-8-6-12(16)7-9-13/h6-11H,4-5H2,1-3H3,(H,17,19)(H,18,20). The number of hydrogen-bond donors (Lipinski definition) is 2. The first-order valence-corrected chi connectivity index (χ1v) is 6.96. The zero-order valence-corrected chi connectivity index (χ0v) is 12.5. The molecule has 0 radical (unpaired) electrons. The number of benzene rings is 1. The van der Waals surface area contributed by atoms with Gasteiger partial charge in [0.1, 0.15) is 11.6 Å². The summed E-state index contributed by atoms with van der Waals surface area (Å²) in [6.45, 7) is 5.32. The van der Waals surface area contributed by atoms with Crippen LogP contribution in [0, 0.1) is 11.7 Å². The van der Waals surface area contributed by atoms with Crippen molar-refractivity contribution in [1.29, 1.82) is 0 Å². The fourth-order valence-corrected chi connectivity index (χ4v) is 1.68. The molecule has 21 heavy (non-hydrogen) atoms. The van der Waals surface area contributed by atoms with Gasteiger partial charge in [-0.2, -0.15) is 0 Å². The minimum absolute atomic E-state index is 0.163. The summed E-state index contributed by atoms with van der Waals surface area (Å²) in [6.07, 6.45) is 0.841. The molecule has 6 heteroatoms. The van der Waals surface area contributed by atoms with Crippen molar-refractivity contribution in [3.05, 3.63) is 30.1 Å². The molecule has 0 aromatic heterocycles. The summed E-state index contributed by atoms with van der Waals surface area (Å²) < 4.78 is 18.1. The fourth-order valence-electron chi connectivity index (χ4n) is 1.68. The van der Waals surface area contributed by atoms with Crippen molar-refractivity contribution < 1.29 is 18.7 Å². The number of hydrogen-bond acceptors (Lipinski definition) is 3. The van der Waals surface area contributed by atoms with E-state index in [2.05, 4.69) is 10.9 Å². The maximum absolute atomic E-state index is 12.7. The lowest BCUT2D eigenvalue weighted by molar-refractivity contribution is -0.134. The molecule has 1 aromatic carbocycles. The number of nitrogens with one attached hydrogen (secondary N) is 2. The second kappa shape index (κ2) is 8.24. The molecule has 1 rings (SSSR count). The highest BCUT2D eigenvalue weighted by Crippen LogP contribution is 2.12. The molecule has 0 aliphatic rings. The Labute approximate surface area is 123 Å². The van der Waals surface area contributed by atoms with Gasteiger partial charge in [-0.05, 0) is 37.6 Å². The summed E-state index contributed by atoms with van der Waals surface area (Å²) in [5.74, 6) is -0.875. The Kier molecular flexibility index (Phi) is 6.65. The van der Waals surface area contributed by atoms with E-state index in [1.807, 2.05) is 6.92 Å². The Morgan fingerprint density at radius 2 is 1.71 bits per heavy atom. The molecule has 0 bridgehead atoms. The van der Waals surface area contributed by atoms with Gasteiger partial charge in [0.2, 0.25) is 5.91 Å². The van der Waals surface area contributed by atoms with Crippen LogP contribution in [0.1, 0.15) is 33.6 Å². The first-order chi connectivity index (χ1) is 9.93. The summed E-state index contributed by atoms with van der Waals surface area (Å²) in [6, 6.07) is 5.35. The molecule has 2 N–H and O–H groups in total.